The first-order valence-electron chi connectivity index (χ1n) is 6.21. The quantitative estimate of drug-likeness (QED) is 0.621. The summed E-state index contributed by atoms with van der Waals surface area (Å²) in [6.45, 7) is 3.50. The van der Waals surface area contributed by atoms with Gasteiger partial charge in [0, 0.05) is 5.56 Å². The van der Waals surface area contributed by atoms with Crippen molar-refractivity contribution in [3.05, 3.63) is 29.6 Å². The summed E-state index contributed by atoms with van der Waals surface area (Å²) in [6, 6.07) is 4.02. The Bertz CT molecular complexity index is 496. The second kappa shape index (κ2) is 4.91. The molecule has 1 aliphatic heterocycles. The summed E-state index contributed by atoms with van der Waals surface area (Å²) in [4.78, 5) is 0. The molecule has 0 N–H and O–H groups in total. The van der Waals surface area contributed by atoms with Crippen LogP contribution < -0.4 is 4.74 Å². The van der Waals surface area contributed by atoms with Crippen LogP contribution in [0, 0.1) is 5.82 Å². The van der Waals surface area contributed by atoms with E-state index in [1.54, 1.807) is 13.8 Å². The maximum Gasteiger partial charge on any atom is 0.417 e. The van der Waals surface area contributed by atoms with E-state index in [1.807, 2.05) is 0 Å². The molecule has 1 aromatic rings. The fraction of sp³-hybridized carbons (Fsp3) is 0.571. The van der Waals surface area contributed by atoms with Crippen molar-refractivity contribution >= 4 is 0 Å². The number of ether oxygens (including phenoxy) is 2. The fourth-order valence-corrected chi connectivity index (χ4v) is 2.41. The molecule has 2 rings (SSSR count). The molecule has 0 saturated carbocycles. The van der Waals surface area contributed by atoms with Crippen LogP contribution in [0.4, 0.5) is 17.6 Å². The number of benzene rings is 1. The van der Waals surface area contributed by atoms with Gasteiger partial charge in [-0.3, -0.25) is 0 Å². The molecular formula is C14H16F4O2. The summed E-state index contributed by atoms with van der Waals surface area (Å²) < 4.78 is 60.6. The van der Waals surface area contributed by atoms with Gasteiger partial charge in [0.2, 0.25) is 0 Å². The highest BCUT2D eigenvalue weighted by Gasteiger charge is 2.59. The molecule has 2 nitrogen and oxygen atoms in total. The Labute approximate surface area is 114 Å². The zero-order chi connectivity index (χ0) is 15.1. The van der Waals surface area contributed by atoms with Gasteiger partial charge in [0.1, 0.15) is 11.6 Å². The standard InChI is InChI=1S/C14H16F4O2/c1-13(2,7-11-12(20-11)14(16,17)18)9-6-8(15)4-5-10(9)19-3/h4-6,11-12H,7H2,1-3H3. The van der Waals surface area contributed by atoms with Crippen LogP contribution in [0.2, 0.25) is 0 Å². The minimum absolute atomic E-state index is 0.150. The highest BCUT2D eigenvalue weighted by atomic mass is 19.4. The van der Waals surface area contributed by atoms with Crippen LogP contribution in [0.5, 0.6) is 5.75 Å². The molecule has 0 spiro atoms. The first-order valence-corrected chi connectivity index (χ1v) is 6.21. The van der Waals surface area contributed by atoms with E-state index in [1.165, 1.54) is 25.3 Å². The fourth-order valence-electron chi connectivity index (χ4n) is 2.41. The lowest BCUT2D eigenvalue weighted by molar-refractivity contribution is -0.146. The van der Waals surface area contributed by atoms with Gasteiger partial charge < -0.3 is 9.47 Å². The monoisotopic (exact) mass is 292 g/mol. The normalized spacial score (nSPS) is 22.8. The number of hydrogen-bond donors (Lipinski definition) is 0. The average molecular weight is 292 g/mol. The van der Waals surface area contributed by atoms with Crippen molar-refractivity contribution in [1.29, 1.82) is 0 Å². The smallest absolute Gasteiger partial charge is 0.417 e. The largest absolute Gasteiger partial charge is 0.496 e. The van der Waals surface area contributed by atoms with Crippen LogP contribution in [-0.4, -0.2) is 25.5 Å². The molecule has 112 valence electrons. The van der Waals surface area contributed by atoms with E-state index in [-0.39, 0.29) is 6.42 Å². The van der Waals surface area contributed by atoms with Crippen LogP contribution in [0.15, 0.2) is 18.2 Å². The Morgan fingerprint density at radius 1 is 1.25 bits per heavy atom. The van der Waals surface area contributed by atoms with Gasteiger partial charge in [0.05, 0.1) is 13.2 Å². The predicted octanol–water partition coefficient (Wildman–Crippen LogP) is 3.83. The minimum Gasteiger partial charge on any atom is -0.496 e. The molecule has 1 aliphatic rings. The number of epoxide rings is 1. The predicted molar refractivity (Wildman–Crippen MR) is 65.3 cm³/mol. The van der Waals surface area contributed by atoms with E-state index in [0.717, 1.165) is 0 Å². The molecule has 0 radical (unpaired) electrons. The zero-order valence-electron chi connectivity index (χ0n) is 11.4. The maximum atomic E-state index is 13.4. The van der Waals surface area contributed by atoms with Crippen molar-refractivity contribution in [2.24, 2.45) is 0 Å². The van der Waals surface area contributed by atoms with Gasteiger partial charge in [-0.1, -0.05) is 13.8 Å². The number of halogens is 4. The molecule has 0 bridgehead atoms. The van der Waals surface area contributed by atoms with Gasteiger partial charge in [0.25, 0.3) is 0 Å². The van der Waals surface area contributed by atoms with Crippen molar-refractivity contribution in [3.8, 4) is 5.75 Å². The van der Waals surface area contributed by atoms with E-state index in [2.05, 4.69) is 4.74 Å². The first kappa shape index (κ1) is 15.1. The molecule has 1 aromatic carbocycles. The molecule has 0 amide bonds. The first-order chi connectivity index (χ1) is 9.15. The molecule has 20 heavy (non-hydrogen) atoms. The second-order valence-corrected chi connectivity index (χ2v) is 5.57. The number of alkyl halides is 3. The highest BCUT2D eigenvalue weighted by molar-refractivity contribution is 5.39. The molecular weight excluding hydrogens is 276 g/mol. The third kappa shape index (κ3) is 3.06. The van der Waals surface area contributed by atoms with Crippen LogP contribution in [0.3, 0.4) is 0 Å². The van der Waals surface area contributed by atoms with E-state index >= 15 is 0 Å². The molecule has 6 heteroatoms. The van der Waals surface area contributed by atoms with E-state index in [4.69, 9.17) is 4.74 Å². The van der Waals surface area contributed by atoms with Crippen molar-refractivity contribution < 1.29 is 27.0 Å². The molecule has 0 aliphatic carbocycles. The lowest BCUT2D eigenvalue weighted by Crippen LogP contribution is -2.25. The van der Waals surface area contributed by atoms with Gasteiger partial charge in [-0.2, -0.15) is 13.2 Å². The van der Waals surface area contributed by atoms with Gasteiger partial charge in [0.15, 0.2) is 6.10 Å². The number of methoxy groups -OCH3 is 1. The van der Waals surface area contributed by atoms with Crippen molar-refractivity contribution in [3.63, 3.8) is 0 Å². The molecule has 1 saturated heterocycles. The van der Waals surface area contributed by atoms with Crippen LogP contribution in [0.25, 0.3) is 0 Å². The minimum atomic E-state index is -4.34. The summed E-state index contributed by atoms with van der Waals surface area (Å²) in [5, 5.41) is 0. The van der Waals surface area contributed by atoms with Crippen LogP contribution in [-0.2, 0) is 10.2 Å². The van der Waals surface area contributed by atoms with Gasteiger partial charge in [-0.05, 0) is 30.0 Å². The Hall–Kier alpha value is -1.30. The topological polar surface area (TPSA) is 21.8 Å². The summed E-state index contributed by atoms with van der Waals surface area (Å²) in [6.07, 6.45) is -6.77. The van der Waals surface area contributed by atoms with Gasteiger partial charge >= 0.3 is 6.18 Å². The van der Waals surface area contributed by atoms with Crippen molar-refractivity contribution in [2.45, 2.75) is 44.1 Å². The zero-order valence-corrected chi connectivity index (χ0v) is 11.4. The summed E-state index contributed by atoms with van der Waals surface area (Å²) in [5.74, 6) is 0.0126. The van der Waals surface area contributed by atoms with Gasteiger partial charge in [-0.15, -0.1) is 0 Å². The number of rotatable bonds is 4. The SMILES string of the molecule is COc1ccc(F)cc1C(C)(C)CC1OC1C(F)(F)F. The van der Waals surface area contributed by atoms with Crippen molar-refractivity contribution in [2.75, 3.05) is 7.11 Å². The molecule has 1 fully saturated rings. The van der Waals surface area contributed by atoms with E-state index in [9.17, 15) is 17.6 Å². The Morgan fingerprint density at radius 3 is 2.40 bits per heavy atom. The summed E-state index contributed by atoms with van der Waals surface area (Å²) in [7, 11) is 1.44. The Morgan fingerprint density at radius 2 is 1.90 bits per heavy atom. The molecule has 0 aromatic heterocycles. The Balaban J connectivity index is 2.17. The highest BCUT2D eigenvalue weighted by Crippen LogP contribution is 2.45. The second-order valence-electron chi connectivity index (χ2n) is 5.57. The van der Waals surface area contributed by atoms with Crippen LogP contribution >= 0.6 is 0 Å². The third-order valence-electron chi connectivity index (χ3n) is 3.51. The molecule has 1 heterocycles. The lowest BCUT2D eigenvalue weighted by atomic mass is 9.79. The lowest BCUT2D eigenvalue weighted by Gasteiger charge is -2.26. The average Bonchev–Trinajstić information content (AvgIpc) is 3.07. The molecule has 2 atom stereocenters. The molecule has 2 unspecified atom stereocenters. The van der Waals surface area contributed by atoms with E-state index < -0.39 is 29.6 Å². The maximum absolute atomic E-state index is 13.4. The number of hydrogen-bond acceptors (Lipinski definition) is 2. The third-order valence-corrected chi connectivity index (χ3v) is 3.51. The van der Waals surface area contributed by atoms with E-state index in [0.29, 0.717) is 11.3 Å². The van der Waals surface area contributed by atoms with Crippen LogP contribution in [0.1, 0.15) is 25.8 Å². The summed E-state index contributed by atoms with van der Waals surface area (Å²) >= 11 is 0. The van der Waals surface area contributed by atoms with Crippen molar-refractivity contribution in [1.82, 2.24) is 0 Å². The Kier molecular flexibility index (Phi) is 3.71. The van der Waals surface area contributed by atoms with Gasteiger partial charge in [-0.25, -0.2) is 4.39 Å². The summed E-state index contributed by atoms with van der Waals surface area (Å²) in [5.41, 5.74) is -0.144.